The molecule has 0 aromatic heterocycles. The summed E-state index contributed by atoms with van der Waals surface area (Å²) in [4.78, 5) is 26.3. The molecule has 7 heteroatoms. The summed E-state index contributed by atoms with van der Waals surface area (Å²) in [6.07, 6.45) is 1.38. The third kappa shape index (κ3) is 3.90. The van der Waals surface area contributed by atoms with Crippen molar-refractivity contribution in [2.75, 3.05) is 25.4 Å². The van der Waals surface area contributed by atoms with Gasteiger partial charge in [0.25, 0.3) is 0 Å². The monoisotopic (exact) mass is 340 g/mol. The summed E-state index contributed by atoms with van der Waals surface area (Å²) in [5.74, 6) is 0.143. The van der Waals surface area contributed by atoms with Crippen LogP contribution in [0.2, 0.25) is 0 Å². The SMILES string of the molecule is CC(C)OC(=O)C1=C2SCC(=CC(=O)NCCO)N2CC1(C)C. The number of ether oxygens (including phenoxy) is 1. The normalized spacial score (nSPS) is 21.1. The van der Waals surface area contributed by atoms with Gasteiger partial charge in [0, 0.05) is 36.0 Å². The first-order valence-corrected chi connectivity index (χ1v) is 8.70. The predicted molar refractivity (Wildman–Crippen MR) is 89.4 cm³/mol. The fourth-order valence-electron chi connectivity index (χ4n) is 2.71. The van der Waals surface area contributed by atoms with Gasteiger partial charge in [-0.3, -0.25) is 4.79 Å². The van der Waals surface area contributed by atoms with Crippen molar-refractivity contribution in [3.8, 4) is 0 Å². The van der Waals surface area contributed by atoms with Crippen LogP contribution < -0.4 is 5.32 Å². The Kier molecular flexibility index (Phi) is 5.41. The van der Waals surface area contributed by atoms with Crippen molar-refractivity contribution >= 4 is 23.6 Å². The van der Waals surface area contributed by atoms with Gasteiger partial charge in [0.2, 0.25) is 5.91 Å². The maximum Gasteiger partial charge on any atom is 0.337 e. The number of carbonyl (C=O) groups excluding carboxylic acids is 2. The van der Waals surface area contributed by atoms with Gasteiger partial charge < -0.3 is 20.1 Å². The van der Waals surface area contributed by atoms with Crippen molar-refractivity contribution in [3.05, 3.63) is 22.4 Å². The summed E-state index contributed by atoms with van der Waals surface area (Å²) < 4.78 is 5.38. The second-order valence-electron chi connectivity index (χ2n) is 6.54. The summed E-state index contributed by atoms with van der Waals surface area (Å²) in [7, 11) is 0. The lowest BCUT2D eigenvalue weighted by Gasteiger charge is -2.23. The fraction of sp³-hybridized carbons (Fsp3) is 0.625. The van der Waals surface area contributed by atoms with Crippen molar-refractivity contribution in [1.82, 2.24) is 10.2 Å². The summed E-state index contributed by atoms with van der Waals surface area (Å²) >= 11 is 1.56. The number of nitrogens with zero attached hydrogens (tertiary/aromatic N) is 1. The molecule has 0 spiro atoms. The minimum atomic E-state index is -0.324. The number of aliphatic hydroxyl groups excluding tert-OH is 1. The molecule has 1 saturated heterocycles. The van der Waals surface area contributed by atoms with Crippen molar-refractivity contribution in [2.24, 2.45) is 5.41 Å². The number of hydrogen-bond donors (Lipinski definition) is 2. The Morgan fingerprint density at radius 2 is 2.17 bits per heavy atom. The van der Waals surface area contributed by atoms with Gasteiger partial charge in [0.15, 0.2) is 0 Å². The topological polar surface area (TPSA) is 78.9 Å². The first kappa shape index (κ1) is 17.9. The lowest BCUT2D eigenvalue weighted by Crippen LogP contribution is -2.29. The molecule has 0 radical (unpaired) electrons. The standard InChI is InChI=1S/C16H24N2O4S/c1-10(2)22-15(21)13-14-18(9-16(13,3)4)11(8-23-14)7-12(20)17-5-6-19/h7,10,19H,5-6,8-9H2,1-4H3,(H,17,20). The van der Waals surface area contributed by atoms with Crippen molar-refractivity contribution in [3.63, 3.8) is 0 Å². The van der Waals surface area contributed by atoms with Crippen molar-refractivity contribution in [2.45, 2.75) is 33.8 Å². The van der Waals surface area contributed by atoms with Crippen LogP contribution in [0.4, 0.5) is 0 Å². The van der Waals surface area contributed by atoms with Crippen LogP contribution >= 0.6 is 11.8 Å². The third-order valence-corrected chi connectivity index (χ3v) is 4.79. The van der Waals surface area contributed by atoms with E-state index in [-0.39, 0.29) is 36.5 Å². The Bertz CT molecular complexity index is 566. The summed E-state index contributed by atoms with van der Waals surface area (Å²) in [5, 5.41) is 12.3. The number of hydrogen-bond acceptors (Lipinski definition) is 6. The average Bonchev–Trinajstić information content (AvgIpc) is 2.90. The maximum atomic E-state index is 12.4. The van der Waals surface area contributed by atoms with Gasteiger partial charge in [-0.25, -0.2) is 4.79 Å². The second kappa shape index (κ2) is 6.97. The highest BCUT2D eigenvalue weighted by Crippen LogP contribution is 2.50. The van der Waals surface area contributed by atoms with E-state index in [1.165, 1.54) is 0 Å². The molecule has 0 saturated carbocycles. The van der Waals surface area contributed by atoms with Crippen LogP contribution in [0.25, 0.3) is 0 Å². The van der Waals surface area contributed by atoms with Crippen LogP contribution in [0.3, 0.4) is 0 Å². The van der Waals surface area contributed by atoms with Gasteiger partial charge >= 0.3 is 5.97 Å². The zero-order valence-electron chi connectivity index (χ0n) is 14.0. The predicted octanol–water partition coefficient (Wildman–Crippen LogP) is 1.23. The van der Waals surface area contributed by atoms with Gasteiger partial charge in [-0.2, -0.15) is 0 Å². The Labute approximate surface area is 140 Å². The molecule has 0 bridgehead atoms. The average molecular weight is 340 g/mol. The molecule has 128 valence electrons. The third-order valence-electron chi connectivity index (χ3n) is 3.65. The first-order chi connectivity index (χ1) is 10.8. The maximum absolute atomic E-state index is 12.4. The highest BCUT2D eigenvalue weighted by molar-refractivity contribution is 8.03. The van der Waals surface area contributed by atoms with Gasteiger partial charge in [0.05, 0.1) is 23.3 Å². The number of rotatable bonds is 5. The van der Waals surface area contributed by atoms with E-state index in [2.05, 4.69) is 5.32 Å². The molecular formula is C16H24N2O4S. The minimum absolute atomic E-state index is 0.0866. The molecule has 2 rings (SSSR count). The number of fused-ring (bicyclic) bond motifs is 1. The van der Waals surface area contributed by atoms with Crippen LogP contribution in [-0.4, -0.2) is 53.4 Å². The fourth-order valence-corrected chi connectivity index (χ4v) is 4.08. The molecule has 0 aromatic rings. The summed E-state index contributed by atoms with van der Waals surface area (Å²) in [6, 6.07) is 0. The first-order valence-electron chi connectivity index (χ1n) is 7.71. The van der Waals surface area contributed by atoms with Crippen LogP contribution in [0.1, 0.15) is 27.7 Å². The van der Waals surface area contributed by atoms with E-state index in [0.717, 1.165) is 10.7 Å². The second-order valence-corrected chi connectivity index (χ2v) is 7.51. The molecule has 1 fully saturated rings. The number of aliphatic hydroxyl groups is 1. The Balaban J connectivity index is 2.23. The Morgan fingerprint density at radius 1 is 1.48 bits per heavy atom. The van der Waals surface area contributed by atoms with Gasteiger partial charge in [0.1, 0.15) is 0 Å². The Morgan fingerprint density at radius 3 is 2.78 bits per heavy atom. The molecule has 0 aromatic carbocycles. The molecule has 2 heterocycles. The van der Waals surface area contributed by atoms with E-state index in [9.17, 15) is 9.59 Å². The molecule has 2 N–H and O–H groups in total. The number of esters is 1. The Hall–Kier alpha value is -1.47. The largest absolute Gasteiger partial charge is 0.460 e. The van der Waals surface area contributed by atoms with Crippen LogP contribution in [-0.2, 0) is 14.3 Å². The summed E-state index contributed by atoms with van der Waals surface area (Å²) in [6.45, 7) is 8.49. The van der Waals surface area contributed by atoms with Crippen LogP contribution in [0.5, 0.6) is 0 Å². The van der Waals surface area contributed by atoms with Crippen molar-refractivity contribution in [1.29, 1.82) is 0 Å². The molecule has 6 nitrogen and oxygen atoms in total. The van der Waals surface area contributed by atoms with Gasteiger partial charge in [-0.1, -0.05) is 13.8 Å². The number of amides is 1. The zero-order valence-corrected chi connectivity index (χ0v) is 14.8. The molecule has 0 unspecified atom stereocenters. The van der Waals surface area contributed by atoms with Crippen LogP contribution in [0.15, 0.2) is 22.4 Å². The van der Waals surface area contributed by atoms with Crippen LogP contribution in [0, 0.1) is 5.41 Å². The molecule has 1 amide bonds. The van der Waals surface area contributed by atoms with E-state index < -0.39 is 0 Å². The molecule has 2 aliphatic rings. The van der Waals surface area contributed by atoms with Gasteiger partial charge in [-0.15, -0.1) is 11.8 Å². The lowest BCUT2D eigenvalue weighted by atomic mass is 9.87. The molecule has 23 heavy (non-hydrogen) atoms. The molecule has 0 atom stereocenters. The van der Waals surface area contributed by atoms with E-state index >= 15 is 0 Å². The molecule has 2 aliphatic heterocycles. The number of thioether (sulfide) groups is 1. The smallest absolute Gasteiger partial charge is 0.337 e. The minimum Gasteiger partial charge on any atom is -0.460 e. The van der Waals surface area contributed by atoms with E-state index in [1.54, 1.807) is 17.8 Å². The van der Waals surface area contributed by atoms with E-state index in [1.807, 2.05) is 32.6 Å². The lowest BCUT2D eigenvalue weighted by molar-refractivity contribution is -0.143. The zero-order chi connectivity index (χ0) is 17.2. The van der Waals surface area contributed by atoms with Gasteiger partial charge in [-0.05, 0) is 13.8 Å². The quantitative estimate of drug-likeness (QED) is 0.579. The van der Waals surface area contributed by atoms with E-state index in [4.69, 9.17) is 9.84 Å². The van der Waals surface area contributed by atoms with Crippen molar-refractivity contribution < 1.29 is 19.4 Å². The molecular weight excluding hydrogens is 316 g/mol. The summed E-state index contributed by atoms with van der Waals surface area (Å²) in [5.41, 5.74) is 1.24. The number of carbonyl (C=O) groups is 2. The highest BCUT2D eigenvalue weighted by atomic mass is 32.2. The van der Waals surface area contributed by atoms with E-state index in [0.29, 0.717) is 17.9 Å². The molecule has 0 aliphatic carbocycles. The highest BCUT2D eigenvalue weighted by Gasteiger charge is 2.46. The number of nitrogens with one attached hydrogen (secondary N) is 1.